The Morgan fingerprint density at radius 3 is 2.86 bits per heavy atom. The molecule has 1 aromatic heterocycles. The molecule has 0 aromatic carbocycles. The lowest BCUT2D eigenvalue weighted by atomic mass is 10.3. The van der Waals surface area contributed by atoms with Crippen molar-refractivity contribution in [1.29, 1.82) is 0 Å². The van der Waals surface area contributed by atoms with Gasteiger partial charge >= 0.3 is 0 Å². The van der Waals surface area contributed by atoms with Gasteiger partial charge in [-0.3, -0.25) is 0 Å². The Morgan fingerprint density at radius 2 is 2.14 bits per heavy atom. The highest BCUT2D eigenvalue weighted by atomic mass is 16.4. The molecule has 0 bridgehead atoms. The maximum Gasteiger partial charge on any atom is 0.129 e. The van der Waals surface area contributed by atoms with E-state index in [0.29, 0.717) is 5.69 Å². The second-order valence-corrected chi connectivity index (χ2v) is 3.36. The lowest BCUT2D eigenvalue weighted by Crippen LogP contribution is -2.19. The largest absolute Gasteiger partial charge is 0.411 e. The van der Waals surface area contributed by atoms with Gasteiger partial charge in [-0.05, 0) is 25.0 Å². The van der Waals surface area contributed by atoms with E-state index in [1.165, 1.54) is 19.1 Å². The van der Waals surface area contributed by atoms with Crippen LogP contribution in [0.3, 0.4) is 0 Å². The highest BCUT2D eigenvalue weighted by Crippen LogP contribution is 2.17. The molecule has 0 unspecified atom stereocenters. The molecule has 74 valence electrons. The number of pyridine rings is 1. The molecule has 1 aromatic rings. The second-order valence-electron chi connectivity index (χ2n) is 3.36. The van der Waals surface area contributed by atoms with Gasteiger partial charge in [-0.15, -0.1) is 0 Å². The van der Waals surface area contributed by atoms with E-state index < -0.39 is 0 Å². The molecule has 0 atom stereocenters. The van der Waals surface area contributed by atoms with E-state index in [0.717, 1.165) is 18.9 Å². The highest BCUT2D eigenvalue weighted by molar-refractivity contribution is 5.77. The minimum Gasteiger partial charge on any atom is -0.411 e. The lowest BCUT2D eigenvalue weighted by molar-refractivity contribution is 0.321. The molecular formula is C10H13N3O. The first-order valence-electron chi connectivity index (χ1n) is 4.79. The van der Waals surface area contributed by atoms with Crippen LogP contribution in [0.2, 0.25) is 0 Å². The third-order valence-corrected chi connectivity index (χ3v) is 2.38. The standard InChI is InChI=1S/C10H13N3O/c14-11-8-9-4-3-5-10(12-9)13-6-1-2-7-13/h3-5,8,14H,1-2,6-7H2. The number of anilines is 1. The Labute approximate surface area is 82.9 Å². The van der Waals surface area contributed by atoms with Crippen molar-refractivity contribution in [2.24, 2.45) is 5.16 Å². The molecule has 0 amide bonds. The van der Waals surface area contributed by atoms with Crippen LogP contribution >= 0.6 is 0 Å². The van der Waals surface area contributed by atoms with Gasteiger partial charge in [0.25, 0.3) is 0 Å². The van der Waals surface area contributed by atoms with E-state index in [9.17, 15) is 0 Å². The molecule has 0 aliphatic carbocycles. The Morgan fingerprint density at radius 1 is 1.36 bits per heavy atom. The van der Waals surface area contributed by atoms with Crippen LogP contribution in [0.5, 0.6) is 0 Å². The van der Waals surface area contributed by atoms with Gasteiger partial charge in [-0.2, -0.15) is 0 Å². The van der Waals surface area contributed by atoms with Crippen molar-refractivity contribution in [3.05, 3.63) is 23.9 Å². The number of aromatic nitrogens is 1. The molecular weight excluding hydrogens is 178 g/mol. The minimum absolute atomic E-state index is 0.692. The minimum atomic E-state index is 0.692. The predicted molar refractivity (Wildman–Crippen MR) is 55.1 cm³/mol. The normalized spacial score (nSPS) is 16.7. The van der Waals surface area contributed by atoms with Crippen LogP contribution in [0, 0.1) is 0 Å². The Balaban J connectivity index is 2.20. The van der Waals surface area contributed by atoms with Crippen molar-refractivity contribution in [3.63, 3.8) is 0 Å². The van der Waals surface area contributed by atoms with Crippen molar-refractivity contribution in [2.45, 2.75) is 12.8 Å². The molecule has 0 saturated carbocycles. The topological polar surface area (TPSA) is 48.7 Å². The van der Waals surface area contributed by atoms with Crippen LogP contribution in [0.25, 0.3) is 0 Å². The van der Waals surface area contributed by atoms with Crippen molar-refractivity contribution in [3.8, 4) is 0 Å². The molecule has 4 nitrogen and oxygen atoms in total. The second kappa shape index (κ2) is 4.09. The fraction of sp³-hybridized carbons (Fsp3) is 0.400. The summed E-state index contributed by atoms with van der Waals surface area (Å²) in [6.07, 6.45) is 3.82. The summed E-state index contributed by atoms with van der Waals surface area (Å²) >= 11 is 0. The van der Waals surface area contributed by atoms with E-state index in [1.54, 1.807) is 0 Å². The van der Waals surface area contributed by atoms with Gasteiger partial charge in [0, 0.05) is 13.1 Å². The number of nitrogens with zero attached hydrogens (tertiary/aromatic N) is 3. The Hall–Kier alpha value is -1.58. The van der Waals surface area contributed by atoms with Crippen molar-refractivity contribution in [2.75, 3.05) is 18.0 Å². The number of hydrogen-bond acceptors (Lipinski definition) is 4. The molecule has 1 N–H and O–H groups in total. The smallest absolute Gasteiger partial charge is 0.129 e. The van der Waals surface area contributed by atoms with Crippen molar-refractivity contribution >= 4 is 12.0 Å². The monoisotopic (exact) mass is 191 g/mol. The maximum absolute atomic E-state index is 8.39. The molecule has 1 aliphatic rings. The molecule has 1 fully saturated rings. The number of rotatable bonds is 2. The van der Waals surface area contributed by atoms with Gasteiger partial charge in [-0.1, -0.05) is 11.2 Å². The van der Waals surface area contributed by atoms with Crippen molar-refractivity contribution < 1.29 is 5.21 Å². The average molecular weight is 191 g/mol. The third-order valence-electron chi connectivity index (χ3n) is 2.38. The van der Waals surface area contributed by atoms with E-state index in [1.807, 2.05) is 18.2 Å². The summed E-state index contributed by atoms with van der Waals surface area (Å²) in [4.78, 5) is 6.61. The predicted octanol–water partition coefficient (Wildman–Crippen LogP) is 1.49. The van der Waals surface area contributed by atoms with E-state index in [-0.39, 0.29) is 0 Å². The van der Waals surface area contributed by atoms with Gasteiger partial charge in [0.1, 0.15) is 5.82 Å². The lowest BCUT2D eigenvalue weighted by Gasteiger charge is -2.15. The number of oxime groups is 1. The molecule has 2 heterocycles. The maximum atomic E-state index is 8.39. The van der Waals surface area contributed by atoms with E-state index >= 15 is 0 Å². The molecule has 2 rings (SSSR count). The molecule has 0 spiro atoms. The molecule has 1 saturated heterocycles. The quantitative estimate of drug-likeness (QED) is 0.437. The van der Waals surface area contributed by atoms with E-state index in [2.05, 4.69) is 15.0 Å². The fourth-order valence-corrected chi connectivity index (χ4v) is 1.69. The summed E-state index contributed by atoms with van der Waals surface area (Å²) in [6, 6.07) is 5.73. The van der Waals surface area contributed by atoms with Crippen LogP contribution in [-0.4, -0.2) is 29.5 Å². The zero-order valence-corrected chi connectivity index (χ0v) is 7.93. The summed E-state index contributed by atoms with van der Waals surface area (Å²) < 4.78 is 0. The van der Waals surface area contributed by atoms with E-state index in [4.69, 9.17) is 5.21 Å². The zero-order chi connectivity index (χ0) is 9.80. The Bertz CT molecular complexity index is 332. The van der Waals surface area contributed by atoms with Gasteiger partial charge in [-0.25, -0.2) is 4.98 Å². The first kappa shape index (κ1) is 8.99. The Kier molecular flexibility index (Phi) is 2.62. The average Bonchev–Trinajstić information content (AvgIpc) is 2.71. The van der Waals surface area contributed by atoms with Gasteiger partial charge in [0.15, 0.2) is 0 Å². The molecule has 1 aliphatic heterocycles. The van der Waals surface area contributed by atoms with Crippen LogP contribution in [0.4, 0.5) is 5.82 Å². The highest BCUT2D eigenvalue weighted by Gasteiger charge is 2.12. The summed E-state index contributed by atoms with van der Waals surface area (Å²) in [5.41, 5.74) is 0.692. The third kappa shape index (κ3) is 1.84. The van der Waals surface area contributed by atoms with Crippen LogP contribution in [-0.2, 0) is 0 Å². The fourth-order valence-electron chi connectivity index (χ4n) is 1.69. The summed E-state index contributed by atoms with van der Waals surface area (Å²) in [5, 5.41) is 11.4. The van der Waals surface area contributed by atoms with Gasteiger partial charge < -0.3 is 10.1 Å². The summed E-state index contributed by atoms with van der Waals surface area (Å²) in [7, 11) is 0. The van der Waals surface area contributed by atoms with Crippen LogP contribution in [0.1, 0.15) is 18.5 Å². The molecule has 14 heavy (non-hydrogen) atoms. The molecule has 0 radical (unpaired) electrons. The first-order chi connectivity index (χ1) is 6.90. The molecule has 4 heteroatoms. The van der Waals surface area contributed by atoms with Crippen LogP contribution in [0.15, 0.2) is 23.4 Å². The zero-order valence-electron chi connectivity index (χ0n) is 7.93. The van der Waals surface area contributed by atoms with Gasteiger partial charge in [0.05, 0.1) is 11.9 Å². The van der Waals surface area contributed by atoms with Crippen molar-refractivity contribution in [1.82, 2.24) is 4.98 Å². The SMILES string of the molecule is ON=Cc1cccc(N2CCCC2)n1. The number of hydrogen-bond donors (Lipinski definition) is 1. The summed E-state index contributed by atoms with van der Waals surface area (Å²) in [6.45, 7) is 2.15. The first-order valence-corrected chi connectivity index (χ1v) is 4.79. The van der Waals surface area contributed by atoms with Gasteiger partial charge in [0.2, 0.25) is 0 Å². The van der Waals surface area contributed by atoms with Crippen LogP contribution < -0.4 is 4.90 Å². The summed E-state index contributed by atoms with van der Waals surface area (Å²) in [5.74, 6) is 0.972.